The monoisotopic (exact) mass is 456 g/mol. The predicted molar refractivity (Wildman–Crippen MR) is 121 cm³/mol. The van der Waals surface area contributed by atoms with E-state index in [9.17, 15) is 25.5 Å². The summed E-state index contributed by atoms with van der Waals surface area (Å²) < 4.78 is 12.1. The molecule has 3 aliphatic rings. The third kappa shape index (κ3) is 4.95. The zero-order valence-corrected chi connectivity index (χ0v) is 20.2. The molecule has 3 rings (SSSR count). The molecule has 0 aromatic heterocycles. The third-order valence-corrected chi connectivity index (χ3v) is 8.92. The fraction of sp³-hybridized carbons (Fsp3) is 0.920. The number of hydrogen-bond acceptors (Lipinski definition) is 7. The molecule has 0 spiro atoms. The maximum atomic E-state index is 10.5. The van der Waals surface area contributed by atoms with E-state index >= 15 is 0 Å². The van der Waals surface area contributed by atoms with Gasteiger partial charge in [0.2, 0.25) is 0 Å². The summed E-state index contributed by atoms with van der Waals surface area (Å²) in [4.78, 5) is 0. The van der Waals surface area contributed by atoms with Crippen LogP contribution in [-0.2, 0) is 9.47 Å². The molecule has 7 nitrogen and oxygen atoms in total. The van der Waals surface area contributed by atoms with Crippen molar-refractivity contribution in [1.82, 2.24) is 0 Å². The maximum absolute atomic E-state index is 10.5. The van der Waals surface area contributed by atoms with Gasteiger partial charge in [-0.1, -0.05) is 33.3 Å². The molecule has 0 amide bonds. The summed E-state index contributed by atoms with van der Waals surface area (Å²) in [6.45, 7) is 8.94. The minimum atomic E-state index is -1.31. The molecule has 2 saturated carbocycles. The van der Waals surface area contributed by atoms with Crippen molar-refractivity contribution in [2.45, 2.75) is 103 Å². The lowest BCUT2D eigenvalue weighted by Gasteiger charge is -2.63. The molecule has 32 heavy (non-hydrogen) atoms. The topological polar surface area (TPSA) is 120 Å². The van der Waals surface area contributed by atoms with Crippen molar-refractivity contribution < 1.29 is 35.0 Å². The Balaban J connectivity index is 1.90. The molecular formula is C25H44O7. The van der Waals surface area contributed by atoms with Crippen molar-refractivity contribution in [2.24, 2.45) is 22.7 Å². The first-order chi connectivity index (χ1) is 15.0. The van der Waals surface area contributed by atoms with Gasteiger partial charge in [0, 0.05) is 0 Å². The number of fused-ring (bicyclic) bond motifs is 1. The molecule has 5 N–H and O–H groups in total. The van der Waals surface area contributed by atoms with Gasteiger partial charge >= 0.3 is 0 Å². The van der Waals surface area contributed by atoms with Crippen molar-refractivity contribution in [3.63, 3.8) is 0 Å². The minimum absolute atomic E-state index is 0.0201. The maximum Gasteiger partial charge on any atom is 0.186 e. The third-order valence-electron chi connectivity index (χ3n) is 8.92. The molecule has 0 radical (unpaired) electrons. The second kappa shape index (κ2) is 9.98. The molecule has 1 aliphatic heterocycles. The van der Waals surface area contributed by atoms with E-state index in [4.69, 9.17) is 9.47 Å². The first-order valence-corrected chi connectivity index (χ1v) is 12.2. The van der Waals surface area contributed by atoms with Crippen molar-refractivity contribution >= 4 is 0 Å². The van der Waals surface area contributed by atoms with E-state index in [1.165, 1.54) is 6.42 Å². The lowest BCUT2D eigenvalue weighted by molar-refractivity contribution is -0.323. The Kier molecular flexibility index (Phi) is 8.13. The van der Waals surface area contributed by atoms with Crippen LogP contribution < -0.4 is 0 Å². The van der Waals surface area contributed by atoms with Crippen LogP contribution in [0.5, 0.6) is 0 Å². The molecule has 3 fully saturated rings. The van der Waals surface area contributed by atoms with Crippen LogP contribution in [0, 0.1) is 22.7 Å². The smallest absolute Gasteiger partial charge is 0.186 e. The van der Waals surface area contributed by atoms with Crippen LogP contribution in [0.25, 0.3) is 0 Å². The van der Waals surface area contributed by atoms with Gasteiger partial charge in [0.1, 0.15) is 18.3 Å². The summed E-state index contributed by atoms with van der Waals surface area (Å²) in [7, 11) is 0. The van der Waals surface area contributed by atoms with Crippen molar-refractivity contribution in [2.75, 3.05) is 19.8 Å². The summed E-state index contributed by atoms with van der Waals surface area (Å²) >= 11 is 0. The highest BCUT2D eigenvalue weighted by Gasteiger charge is 2.59. The first-order valence-electron chi connectivity index (χ1n) is 12.2. The Morgan fingerprint density at radius 2 is 1.75 bits per heavy atom. The Hall–Kier alpha value is -0.540. The Morgan fingerprint density at radius 1 is 1.03 bits per heavy atom. The van der Waals surface area contributed by atoms with E-state index in [-0.39, 0.29) is 36.6 Å². The highest BCUT2D eigenvalue weighted by atomic mass is 16.7. The molecule has 0 unspecified atom stereocenters. The Morgan fingerprint density at radius 3 is 2.41 bits per heavy atom. The van der Waals surface area contributed by atoms with Crippen molar-refractivity contribution in [1.29, 1.82) is 0 Å². The van der Waals surface area contributed by atoms with Crippen LogP contribution in [0.1, 0.15) is 72.6 Å². The van der Waals surface area contributed by atoms with Gasteiger partial charge in [-0.25, -0.2) is 0 Å². The molecule has 2 aliphatic carbocycles. The van der Waals surface area contributed by atoms with E-state index in [1.807, 2.05) is 0 Å². The SMILES string of the molecule is CC1(C)CCC[C@]2(C)[C@@H](CC/C(=C/CO)CO)[C@](C)(O[C@@H]3OC[C@H](O)[C@H](O)[C@H]3O)CC[C@@H]12. The highest BCUT2D eigenvalue weighted by Crippen LogP contribution is 2.64. The second-order valence-corrected chi connectivity index (χ2v) is 11.4. The lowest BCUT2D eigenvalue weighted by Crippen LogP contribution is -2.62. The quantitative estimate of drug-likeness (QED) is 0.294. The van der Waals surface area contributed by atoms with E-state index < -0.39 is 30.2 Å². The largest absolute Gasteiger partial charge is 0.392 e. The number of rotatable bonds is 7. The summed E-state index contributed by atoms with van der Waals surface area (Å²) in [6, 6.07) is 0. The summed E-state index contributed by atoms with van der Waals surface area (Å²) in [6.07, 6.45) is 3.68. The van der Waals surface area contributed by atoms with Gasteiger partial charge in [-0.05, 0) is 73.7 Å². The second-order valence-electron chi connectivity index (χ2n) is 11.4. The van der Waals surface area contributed by atoms with Gasteiger partial charge in [-0.3, -0.25) is 0 Å². The average Bonchev–Trinajstić information content (AvgIpc) is 2.72. The normalized spacial score (nSPS) is 44.8. The molecule has 186 valence electrons. The summed E-state index contributed by atoms with van der Waals surface area (Å²) in [5, 5.41) is 49.5. The minimum Gasteiger partial charge on any atom is -0.392 e. The Labute approximate surface area is 192 Å². The number of hydrogen-bond donors (Lipinski definition) is 5. The molecule has 1 saturated heterocycles. The predicted octanol–water partition coefficient (Wildman–Crippen LogP) is 2.13. The molecular weight excluding hydrogens is 412 g/mol. The van der Waals surface area contributed by atoms with Crippen LogP contribution in [0.2, 0.25) is 0 Å². The van der Waals surface area contributed by atoms with E-state index in [0.717, 1.165) is 37.7 Å². The van der Waals surface area contributed by atoms with Crippen LogP contribution in [0.3, 0.4) is 0 Å². The van der Waals surface area contributed by atoms with E-state index in [1.54, 1.807) is 6.08 Å². The lowest BCUT2D eigenvalue weighted by atomic mass is 9.45. The average molecular weight is 457 g/mol. The zero-order chi connectivity index (χ0) is 23.7. The summed E-state index contributed by atoms with van der Waals surface area (Å²) in [5.74, 6) is 0.677. The Bertz CT molecular complexity index is 665. The van der Waals surface area contributed by atoms with Crippen LogP contribution in [-0.4, -0.2) is 75.6 Å². The van der Waals surface area contributed by atoms with Crippen molar-refractivity contribution in [3.8, 4) is 0 Å². The first kappa shape index (κ1) is 26.1. The fourth-order valence-electron chi connectivity index (χ4n) is 7.24. The van der Waals surface area contributed by atoms with Gasteiger partial charge in [0.15, 0.2) is 6.29 Å². The number of ether oxygens (including phenoxy) is 2. The van der Waals surface area contributed by atoms with Crippen LogP contribution in [0.4, 0.5) is 0 Å². The molecule has 0 aromatic carbocycles. The zero-order valence-electron chi connectivity index (χ0n) is 20.2. The van der Waals surface area contributed by atoms with Gasteiger partial charge in [-0.2, -0.15) is 0 Å². The van der Waals surface area contributed by atoms with Gasteiger partial charge in [0.25, 0.3) is 0 Å². The molecule has 1 heterocycles. The molecule has 8 atom stereocenters. The highest BCUT2D eigenvalue weighted by molar-refractivity contribution is 5.10. The van der Waals surface area contributed by atoms with Crippen LogP contribution >= 0.6 is 0 Å². The van der Waals surface area contributed by atoms with Gasteiger partial charge in [-0.15, -0.1) is 0 Å². The molecule has 0 aromatic rings. The fourth-order valence-corrected chi connectivity index (χ4v) is 7.24. The number of aliphatic hydroxyl groups excluding tert-OH is 5. The van der Waals surface area contributed by atoms with Gasteiger partial charge < -0.3 is 35.0 Å². The van der Waals surface area contributed by atoms with Gasteiger partial charge in [0.05, 0.1) is 25.4 Å². The number of aliphatic hydroxyl groups is 5. The molecule has 0 bridgehead atoms. The molecule has 7 heteroatoms. The van der Waals surface area contributed by atoms with E-state index in [0.29, 0.717) is 12.3 Å². The van der Waals surface area contributed by atoms with Crippen LogP contribution in [0.15, 0.2) is 11.6 Å². The van der Waals surface area contributed by atoms with Crippen molar-refractivity contribution in [3.05, 3.63) is 11.6 Å². The van der Waals surface area contributed by atoms with E-state index in [2.05, 4.69) is 27.7 Å². The summed E-state index contributed by atoms with van der Waals surface area (Å²) in [5.41, 5.74) is 0.482. The standard InChI is InChI=1S/C25H44O7/c1-23(2)10-5-11-24(3)18(23)8-12-25(4,19(24)7-6-16(14-27)9-13-26)32-22-21(30)20(29)17(28)15-31-22/h9,17-22,26-30H,5-8,10-15H2,1-4H3/b16-9-/t17-,18-,19+,20-,21+,22-,24-,25+/m0/s1.